The summed E-state index contributed by atoms with van der Waals surface area (Å²) in [4.78, 5) is 24.9. The van der Waals surface area contributed by atoms with Gasteiger partial charge in [0.25, 0.3) is 11.8 Å². The Labute approximate surface area is 190 Å². The van der Waals surface area contributed by atoms with E-state index in [1.54, 1.807) is 6.92 Å². The molecule has 0 radical (unpaired) electrons. The number of furan rings is 1. The highest BCUT2D eigenvalue weighted by molar-refractivity contribution is 7.89. The monoisotopic (exact) mass is 475 g/mol. The molecule has 0 bridgehead atoms. The van der Waals surface area contributed by atoms with Crippen molar-refractivity contribution in [3.05, 3.63) is 71.4 Å². The van der Waals surface area contributed by atoms with Gasteiger partial charge in [0.2, 0.25) is 10.0 Å². The molecule has 2 aromatic carbocycles. The maximum Gasteiger partial charge on any atom is 0.259 e. The zero-order valence-corrected chi connectivity index (χ0v) is 19.1. The van der Waals surface area contributed by atoms with E-state index in [4.69, 9.17) is 9.15 Å². The lowest BCUT2D eigenvalue weighted by atomic mass is 10.2. The lowest BCUT2D eigenvalue weighted by Crippen LogP contribution is -2.23. The Hall–Kier alpha value is -3.70. The average molecular weight is 475 g/mol. The fourth-order valence-electron chi connectivity index (χ4n) is 2.93. The highest BCUT2D eigenvalue weighted by Crippen LogP contribution is 2.28. The first-order chi connectivity index (χ1) is 15.5. The predicted octanol–water partition coefficient (Wildman–Crippen LogP) is 3.49. The van der Waals surface area contributed by atoms with Gasteiger partial charge in [0.1, 0.15) is 22.2 Å². The highest BCUT2D eigenvalue weighted by atomic mass is 32.2. The second-order valence-corrected chi connectivity index (χ2v) is 9.27. The van der Waals surface area contributed by atoms with Crippen LogP contribution in [0.4, 0.5) is 15.8 Å². The normalized spacial score (nSPS) is 11.3. The van der Waals surface area contributed by atoms with Crippen LogP contribution in [0.25, 0.3) is 0 Å². The third-order valence-electron chi connectivity index (χ3n) is 4.76. The van der Waals surface area contributed by atoms with Crippen LogP contribution in [0, 0.1) is 12.7 Å². The molecule has 0 atom stereocenters. The summed E-state index contributed by atoms with van der Waals surface area (Å²) in [6.45, 7) is 1.60. The summed E-state index contributed by atoms with van der Waals surface area (Å²) >= 11 is 0. The van der Waals surface area contributed by atoms with E-state index in [9.17, 15) is 22.4 Å². The molecule has 0 unspecified atom stereocenters. The fraction of sp³-hybridized carbons (Fsp3) is 0.182. The van der Waals surface area contributed by atoms with Gasteiger partial charge in [-0.25, -0.2) is 17.1 Å². The summed E-state index contributed by atoms with van der Waals surface area (Å²) in [6, 6.07) is 9.07. The molecule has 0 aliphatic carbocycles. The van der Waals surface area contributed by atoms with Crippen LogP contribution < -0.4 is 15.4 Å². The number of hydrogen-bond acceptors (Lipinski definition) is 6. The van der Waals surface area contributed by atoms with Gasteiger partial charge in [-0.15, -0.1) is 0 Å². The molecule has 0 aliphatic rings. The van der Waals surface area contributed by atoms with E-state index in [1.807, 2.05) is 0 Å². The van der Waals surface area contributed by atoms with Crippen LogP contribution in [0.3, 0.4) is 0 Å². The third-order valence-corrected chi connectivity index (χ3v) is 6.60. The van der Waals surface area contributed by atoms with E-state index in [1.165, 1.54) is 63.9 Å². The van der Waals surface area contributed by atoms with Gasteiger partial charge < -0.3 is 19.8 Å². The van der Waals surface area contributed by atoms with E-state index >= 15 is 0 Å². The van der Waals surface area contributed by atoms with Gasteiger partial charge in [0.05, 0.1) is 24.6 Å². The van der Waals surface area contributed by atoms with Gasteiger partial charge in [-0.3, -0.25) is 9.59 Å². The van der Waals surface area contributed by atoms with Gasteiger partial charge >= 0.3 is 0 Å². The van der Waals surface area contributed by atoms with Gasteiger partial charge in [-0.05, 0) is 49.4 Å². The van der Waals surface area contributed by atoms with Gasteiger partial charge in [-0.1, -0.05) is 0 Å². The number of carbonyl (C=O) groups is 2. The van der Waals surface area contributed by atoms with Crippen molar-refractivity contribution in [2.24, 2.45) is 0 Å². The summed E-state index contributed by atoms with van der Waals surface area (Å²) in [6.07, 6.45) is 1.34. The average Bonchev–Trinajstić information content (AvgIpc) is 3.21. The van der Waals surface area contributed by atoms with Crippen LogP contribution >= 0.6 is 0 Å². The number of sulfonamides is 1. The predicted molar refractivity (Wildman–Crippen MR) is 120 cm³/mol. The molecule has 2 N–H and O–H groups in total. The molecule has 33 heavy (non-hydrogen) atoms. The number of amides is 2. The Morgan fingerprint density at radius 3 is 2.36 bits per heavy atom. The number of carbonyl (C=O) groups excluding carboxylic acids is 2. The van der Waals surface area contributed by atoms with Crippen molar-refractivity contribution in [3.63, 3.8) is 0 Å². The van der Waals surface area contributed by atoms with Crippen LogP contribution in [0.15, 0.2) is 58.0 Å². The minimum Gasteiger partial charge on any atom is -0.495 e. The zero-order valence-electron chi connectivity index (χ0n) is 18.3. The largest absolute Gasteiger partial charge is 0.495 e. The van der Waals surface area contributed by atoms with Crippen molar-refractivity contribution in [2.75, 3.05) is 31.8 Å². The van der Waals surface area contributed by atoms with E-state index < -0.39 is 27.7 Å². The molecule has 0 aliphatic heterocycles. The summed E-state index contributed by atoms with van der Waals surface area (Å²) < 4.78 is 50.6. The lowest BCUT2D eigenvalue weighted by Gasteiger charge is -2.15. The Balaban J connectivity index is 1.86. The Kier molecular flexibility index (Phi) is 6.84. The Bertz CT molecular complexity index is 1320. The van der Waals surface area contributed by atoms with Crippen LogP contribution in [-0.2, 0) is 10.0 Å². The second kappa shape index (κ2) is 9.43. The lowest BCUT2D eigenvalue weighted by molar-refractivity contribution is 0.101. The van der Waals surface area contributed by atoms with Gasteiger partial charge in [-0.2, -0.15) is 0 Å². The molecule has 0 saturated heterocycles. The molecular formula is C22H22FN3O6S. The number of nitrogens with zero attached hydrogens (tertiary/aromatic N) is 1. The van der Waals surface area contributed by atoms with Crippen molar-refractivity contribution in [1.82, 2.24) is 4.31 Å². The van der Waals surface area contributed by atoms with Gasteiger partial charge in [0, 0.05) is 25.3 Å². The van der Waals surface area contributed by atoms with Crippen LogP contribution in [-0.4, -0.2) is 45.7 Å². The Morgan fingerprint density at radius 2 is 1.76 bits per heavy atom. The highest BCUT2D eigenvalue weighted by Gasteiger charge is 2.24. The summed E-state index contributed by atoms with van der Waals surface area (Å²) in [5, 5.41) is 5.00. The SMILES string of the molecule is COc1ccc(C(=O)Nc2ccc(F)c(NC(=O)c3ccoc3C)c2)cc1S(=O)(=O)N(C)C. The van der Waals surface area contributed by atoms with Crippen molar-refractivity contribution >= 4 is 33.2 Å². The standard InChI is InChI=1S/C22H22FN3O6S/c1-13-16(9-10-32-13)22(28)25-18-12-15(6-7-17(18)23)24-21(27)14-5-8-19(31-4)20(11-14)33(29,30)26(2)3/h5-12H,1-4H3,(H,24,27)(H,25,28). The molecule has 3 rings (SSSR count). The van der Waals surface area contributed by atoms with E-state index in [0.717, 1.165) is 10.4 Å². The molecule has 2 amide bonds. The first kappa shape index (κ1) is 24.0. The number of halogens is 1. The number of aryl methyl sites for hydroxylation is 1. The summed E-state index contributed by atoms with van der Waals surface area (Å²) in [5.74, 6) is -1.45. The fourth-order valence-corrected chi connectivity index (χ4v) is 4.00. The quantitative estimate of drug-likeness (QED) is 0.540. The minimum atomic E-state index is -3.88. The first-order valence-corrected chi connectivity index (χ1v) is 11.1. The van der Waals surface area contributed by atoms with Crippen LogP contribution in [0.1, 0.15) is 26.5 Å². The number of methoxy groups -OCH3 is 1. The number of nitrogens with one attached hydrogen (secondary N) is 2. The van der Waals surface area contributed by atoms with Crippen molar-refractivity contribution < 1.29 is 31.6 Å². The van der Waals surface area contributed by atoms with Crippen molar-refractivity contribution in [2.45, 2.75) is 11.8 Å². The molecule has 174 valence electrons. The number of rotatable bonds is 7. The second-order valence-electron chi connectivity index (χ2n) is 7.15. The summed E-state index contributed by atoms with van der Waals surface area (Å²) in [5.41, 5.74) is 0.328. The maximum atomic E-state index is 14.2. The molecule has 0 saturated carbocycles. The smallest absolute Gasteiger partial charge is 0.259 e. The van der Waals surface area contributed by atoms with Crippen LogP contribution in [0.2, 0.25) is 0 Å². The van der Waals surface area contributed by atoms with Crippen molar-refractivity contribution in [1.29, 1.82) is 0 Å². The molecule has 0 fully saturated rings. The first-order valence-electron chi connectivity index (χ1n) is 9.61. The van der Waals surface area contributed by atoms with Crippen molar-refractivity contribution in [3.8, 4) is 5.75 Å². The molecule has 11 heteroatoms. The minimum absolute atomic E-state index is 0.0418. The van der Waals surface area contributed by atoms with E-state index in [-0.39, 0.29) is 33.1 Å². The zero-order chi connectivity index (χ0) is 24.3. The molecule has 9 nitrogen and oxygen atoms in total. The molecule has 3 aromatic rings. The number of hydrogen-bond donors (Lipinski definition) is 2. The topological polar surface area (TPSA) is 118 Å². The molecule has 1 aromatic heterocycles. The molecular weight excluding hydrogens is 453 g/mol. The van der Waals surface area contributed by atoms with E-state index in [2.05, 4.69) is 10.6 Å². The van der Waals surface area contributed by atoms with Crippen LogP contribution in [0.5, 0.6) is 5.75 Å². The molecule has 1 heterocycles. The van der Waals surface area contributed by atoms with Gasteiger partial charge in [0.15, 0.2) is 0 Å². The maximum absolute atomic E-state index is 14.2. The summed E-state index contributed by atoms with van der Waals surface area (Å²) in [7, 11) is 0.171. The Morgan fingerprint density at radius 1 is 1.03 bits per heavy atom. The number of benzene rings is 2. The molecule has 0 spiro atoms. The third kappa shape index (κ3) is 5.04. The number of anilines is 2. The van der Waals surface area contributed by atoms with E-state index in [0.29, 0.717) is 5.76 Å². The number of ether oxygens (including phenoxy) is 1.